The summed E-state index contributed by atoms with van der Waals surface area (Å²) in [6, 6.07) is 4.27. The lowest BCUT2D eigenvalue weighted by Crippen LogP contribution is -2.30. The molecule has 1 saturated heterocycles. The quantitative estimate of drug-likeness (QED) is 0.748. The molecule has 3 N–H and O–H groups in total. The van der Waals surface area contributed by atoms with Gasteiger partial charge < -0.3 is 20.3 Å². The summed E-state index contributed by atoms with van der Waals surface area (Å²) in [5.74, 6) is -1.70. The molecule has 0 saturated carbocycles. The first kappa shape index (κ1) is 13.4. The van der Waals surface area contributed by atoms with Crippen molar-refractivity contribution in [1.29, 1.82) is 0 Å². The molecule has 0 aromatic heterocycles. The van der Waals surface area contributed by atoms with Crippen LogP contribution in [0.25, 0.3) is 0 Å². The van der Waals surface area contributed by atoms with Gasteiger partial charge in [0.15, 0.2) is 0 Å². The summed E-state index contributed by atoms with van der Waals surface area (Å²) in [6.45, 7) is 2.19. The van der Waals surface area contributed by atoms with Crippen LogP contribution in [0.1, 0.15) is 22.3 Å². The van der Waals surface area contributed by atoms with Gasteiger partial charge in [-0.2, -0.15) is 0 Å². The molecule has 1 aliphatic rings. The van der Waals surface area contributed by atoms with Gasteiger partial charge in [-0.15, -0.1) is 0 Å². The molecule has 0 bridgehead atoms. The summed E-state index contributed by atoms with van der Waals surface area (Å²) in [5, 5.41) is 20.8. The number of carbonyl (C=O) groups is 2. The first-order valence-corrected chi connectivity index (χ1v) is 5.94. The Morgan fingerprint density at radius 2 is 2.11 bits per heavy atom. The van der Waals surface area contributed by atoms with E-state index in [1.807, 2.05) is 0 Å². The Balaban J connectivity index is 2.12. The van der Waals surface area contributed by atoms with Crippen LogP contribution in [0.3, 0.4) is 0 Å². The zero-order valence-electron chi connectivity index (χ0n) is 10.4. The third kappa shape index (κ3) is 3.03. The van der Waals surface area contributed by atoms with E-state index < -0.39 is 18.0 Å². The lowest BCUT2D eigenvalue weighted by atomic mass is 10.1. The summed E-state index contributed by atoms with van der Waals surface area (Å²) in [5.41, 5.74) is 0.927. The molecule has 2 unspecified atom stereocenters. The first-order valence-electron chi connectivity index (χ1n) is 5.94. The molecule has 19 heavy (non-hydrogen) atoms. The van der Waals surface area contributed by atoms with Crippen molar-refractivity contribution < 1.29 is 24.5 Å². The van der Waals surface area contributed by atoms with Crippen molar-refractivity contribution in [2.45, 2.75) is 25.5 Å². The molecule has 0 amide bonds. The van der Waals surface area contributed by atoms with Gasteiger partial charge >= 0.3 is 11.9 Å². The van der Waals surface area contributed by atoms with Gasteiger partial charge in [-0.3, -0.25) is 4.79 Å². The van der Waals surface area contributed by atoms with Crippen molar-refractivity contribution in [3.05, 3.63) is 29.3 Å². The Hall–Kier alpha value is -2.08. The van der Waals surface area contributed by atoms with Crippen molar-refractivity contribution in [3.8, 4) is 5.75 Å². The minimum Gasteiger partial charge on any atom is -0.488 e. The Bertz CT molecular complexity index is 514. The van der Waals surface area contributed by atoms with Gasteiger partial charge in [0.05, 0.1) is 0 Å². The van der Waals surface area contributed by atoms with Gasteiger partial charge in [-0.1, -0.05) is 11.6 Å². The van der Waals surface area contributed by atoms with Crippen molar-refractivity contribution in [2.75, 3.05) is 6.54 Å². The van der Waals surface area contributed by atoms with Gasteiger partial charge in [0, 0.05) is 13.0 Å². The smallest absolute Gasteiger partial charge is 0.339 e. The van der Waals surface area contributed by atoms with Crippen LogP contribution in [-0.4, -0.2) is 40.8 Å². The van der Waals surface area contributed by atoms with Crippen LogP contribution in [0.4, 0.5) is 0 Å². The van der Waals surface area contributed by atoms with Crippen LogP contribution in [0, 0.1) is 6.92 Å². The number of carboxylic acids is 2. The topological polar surface area (TPSA) is 95.9 Å². The third-order valence-corrected chi connectivity index (χ3v) is 3.05. The fraction of sp³-hybridized carbons (Fsp3) is 0.385. The molecule has 0 aliphatic carbocycles. The second-order valence-electron chi connectivity index (χ2n) is 4.58. The highest BCUT2D eigenvalue weighted by atomic mass is 16.5. The van der Waals surface area contributed by atoms with Gasteiger partial charge in [0.1, 0.15) is 23.5 Å². The largest absolute Gasteiger partial charge is 0.488 e. The molecule has 6 nitrogen and oxygen atoms in total. The van der Waals surface area contributed by atoms with E-state index >= 15 is 0 Å². The van der Waals surface area contributed by atoms with Crippen LogP contribution in [0.5, 0.6) is 5.75 Å². The number of carboxylic acid groups (broad SMARTS) is 2. The number of hydrogen-bond acceptors (Lipinski definition) is 4. The van der Waals surface area contributed by atoms with E-state index in [9.17, 15) is 9.59 Å². The molecule has 1 fully saturated rings. The second-order valence-corrected chi connectivity index (χ2v) is 4.58. The van der Waals surface area contributed by atoms with E-state index in [2.05, 4.69) is 5.32 Å². The summed E-state index contributed by atoms with van der Waals surface area (Å²) in [6.07, 6.45) is -0.00987. The van der Waals surface area contributed by atoms with Gasteiger partial charge in [0.25, 0.3) is 0 Å². The highest BCUT2D eigenvalue weighted by Crippen LogP contribution is 2.23. The van der Waals surface area contributed by atoms with Gasteiger partial charge in [-0.05, 0) is 19.1 Å². The van der Waals surface area contributed by atoms with Crippen molar-refractivity contribution in [3.63, 3.8) is 0 Å². The SMILES string of the molecule is Cc1ccc(OC2CNC(C(=O)O)C2)c(C(=O)O)c1. The van der Waals surface area contributed by atoms with Crippen LogP contribution in [0.15, 0.2) is 18.2 Å². The molecule has 1 aliphatic heterocycles. The zero-order valence-corrected chi connectivity index (χ0v) is 10.4. The number of aromatic carboxylic acids is 1. The van der Waals surface area contributed by atoms with E-state index in [1.54, 1.807) is 19.1 Å². The Kier molecular flexibility index (Phi) is 3.71. The first-order chi connectivity index (χ1) is 8.97. The van der Waals surface area contributed by atoms with Crippen molar-refractivity contribution in [1.82, 2.24) is 5.32 Å². The van der Waals surface area contributed by atoms with Crippen molar-refractivity contribution in [2.24, 2.45) is 0 Å². The van der Waals surface area contributed by atoms with Gasteiger partial charge in [0.2, 0.25) is 0 Å². The Labute approximate surface area is 110 Å². The molecule has 1 aromatic carbocycles. The number of aryl methyl sites for hydroxylation is 1. The third-order valence-electron chi connectivity index (χ3n) is 3.05. The number of nitrogens with one attached hydrogen (secondary N) is 1. The minimum absolute atomic E-state index is 0.0961. The van der Waals surface area contributed by atoms with E-state index in [4.69, 9.17) is 14.9 Å². The standard InChI is InChI=1S/C13H15NO5/c1-7-2-3-11(9(4-7)12(15)16)19-8-5-10(13(17)18)14-6-8/h2-4,8,10,14H,5-6H2,1H3,(H,15,16)(H,17,18). The molecule has 2 rings (SSSR count). The highest BCUT2D eigenvalue weighted by Gasteiger charge is 2.31. The average Bonchev–Trinajstić information content (AvgIpc) is 2.80. The molecule has 2 atom stereocenters. The lowest BCUT2D eigenvalue weighted by molar-refractivity contribution is -0.139. The minimum atomic E-state index is -1.06. The molecule has 6 heteroatoms. The highest BCUT2D eigenvalue weighted by molar-refractivity contribution is 5.91. The molecule has 0 radical (unpaired) electrons. The van der Waals surface area contributed by atoms with Gasteiger partial charge in [-0.25, -0.2) is 4.79 Å². The normalized spacial score (nSPS) is 22.2. The number of hydrogen-bond donors (Lipinski definition) is 3. The predicted molar refractivity (Wildman–Crippen MR) is 66.6 cm³/mol. The number of aliphatic carboxylic acids is 1. The number of ether oxygens (including phenoxy) is 1. The Morgan fingerprint density at radius 3 is 2.68 bits per heavy atom. The van der Waals surface area contributed by atoms with Crippen LogP contribution >= 0.6 is 0 Å². The molecular weight excluding hydrogens is 250 g/mol. The number of benzene rings is 1. The molecule has 1 heterocycles. The summed E-state index contributed by atoms with van der Waals surface area (Å²) in [7, 11) is 0. The fourth-order valence-corrected chi connectivity index (χ4v) is 2.07. The second kappa shape index (κ2) is 5.27. The predicted octanol–water partition coefficient (Wildman–Crippen LogP) is 0.887. The average molecular weight is 265 g/mol. The Morgan fingerprint density at radius 1 is 1.37 bits per heavy atom. The number of rotatable bonds is 4. The molecule has 1 aromatic rings. The summed E-state index contributed by atoms with van der Waals surface area (Å²) < 4.78 is 5.60. The van der Waals surface area contributed by atoms with Crippen LogP contribution in [0.2, 0.25) is 0 Å². The maximum Gasteiger partial charge on any atom is 0.339 e. The van der Waals surface area contributed by atoms with E-state index in [-0.39, 0.29) is 17.4 Å². The van der Waals surface area contributed by atoms with Crippen LogP contribution < -0.4 is 10.1 Å². The van der Waals surface area contributed by atoms with E-state index in [1.165, 1.54) is 6.07 Å². The molecule has 0 spiro atoms. The fourth-order valence-electron chi connectivity index (χ4n) is 2.07. The summed E-state index contributed by atoms with van der Waals surface area (Å²) in [4.78, 5) is 21.9. The zero-order chi connectivity index (χ0) is 14.0. The maximum absolute atomic E-state index is 11.1. The molecular formula is C13H15NO5. The van der Waals surface area contributed by atoms with E-state index in [0.717, 1.165) is 5.56 Å². The lowest BCUT2D eigenvalue weighted by Gasteiger charge is -2.15. The van der Waals surface area contributed by atoms with Crippen molar-refractivity contribution >= 4 is 11.9 Å². The summed E-state index contributed by atoms with van der Waals surface area (Å²) >= 11 is 0. The van der Waals surface area contributed by atoms with E-state index in [0.29, 0.717) is 13.0 Å². The maximum atomic E-state index is 11.1. The molecule has 102 valence electrons. The monoisotopic (exact) mass is 265 g/mol. The van der Waals surface area contributed by atoms with Crippen LogP contribution in [-0.2, 0) is 4.79 Å².